The summed E-state index contributed by atoms with van der Waals surface area (Å²) in [6.07, 6.45) is 5.02. The molecule has 0 spiro atoms. The smallest absolute Gasteiger partial charge is 0.241 e. The lowest BCUT2D eigenvalue weighted by molar-refractivity contribution is -0.122. The highest BCUT2D eigenvalue weighted by molar-refractivity contribution is 5.94. The van der Waals surface area contributed by atoms with Crippen molar-refractivity contribution >= 4 is 11.6 Å². The van der Waals surface area contributed by atoms with Crippen LogP contribution in [0.1, 0.15) is 38.2 Å². The van der Waals surface area contributed by atoms with Gasteiger partial charge in [0.2, 0.25) is 5.91 Å². The third kappa shape index (κ3) is 4.55. The number of likely N-dealkylation sites (tertiary alicyclic amines) is 1. The Morgan fingerprint density at radius 3 is 2.76 bits per heavy atom. The number of hydrogen-bond acceptors (Lipinski definition) is 3. The van der Waals surface area contributed by atoms with E-state index in [2.05, 4.69) is 17.1 Å². The highest BCUT2D eigenvalue weighted by atomic mass is 16.3. The molecule has 1 heterocycles. The van der Waals surface area contributed by atoms with Gasteiger partial charge in [0.1, 0.15) is 0 Å². The van der Waals surface area contributed by atoms with Crippen LogP contribution in [0.25, 0.3) is 0 Å². The van der Waals surface area contributed by atoms with E-state index in [1.54, 1.807) is 0 Å². The highest BCUT2D eigenvalue weighted by Crippen LogP contribution is 2.19. The van der Waals surface area contributed by atoms with Gasteiger partial charge in [-0.1, -0.05) is 25.5 Å². The summed E-state index contributed by atoms with van der Waals surface area (Å²) in [7, 11) is 0. The molecule has 0 radical (unpaired) electrons. The molecule has 1 aliphatic heterocycles. The topological polar surface area (TPSA) is 52.6 Å². The Hall–Kier alpha value is -1.39. The maximum Gasteiger partial charge on any atom is 0.241 e. The van der Waals surface area contributed by atoms with Crippen LogP contribution in [0.4, 0.5) is 5.69 Å². The Bertz CT molecular complexity index is 443. The maximum atomic E-state index is 12.5. The van der Waals surface area contributed by atoms with Crippen LogP contribution in [0.2, 0.25) is 0 Å². The molecular weight excluding hydrogens is 264 g/mol. The minimum Gasteiger partial charge on any atom is -0.396 e. The van der Waals surface area contributed by atoms with E-state index in [-0.39, 0.29) is 18.6 Å². The number of rotatable bonds is 6. The Balaban J connectivity index is 1.95. The molecule has 1 atom stereocenters. The third-order valence-corrected chi connectivity index (χ3v) is 4.05. The van der Waals surface area contributed by atoms with E-state index in [9.17, 15) is 4.79 Å². The number of piperidine rings is 1. The highest BCUT2D eigenvalue weighted by Gasteiger charge is 2.27. The quantitative estimate of drug-likeness (QED) is 0.846. The zero-order valence-corrected chi connectivity index (χ0v) is 12.8. The van der Waals surface area contributed by atoms with E-state index in [0.29, 0.717) is 6.42 Å². The second kappa shape index (κ2) is 8.15. The van der Waals surface area contributed by atoms with Gasteiger partial charge >= 0.3 is 0 Å². The van der Waals surface area contributed by atoms with Gasteiger partial charge in [-0.25, -0.2) is 0 Å². The van der Waals surface area contributed by atoms with Crippen molar-refractivity contribution in [2.75, 3.05) is 25.0 Å². The van der Waals surface area contributed by atoms with Crippen molar-refractivity contribution < 1.29 is 9.90 Å². The van der Waals surface area contributed by atoms with Crippen LogP contribution in [0, 0.1) is 0 Å². The minimum atomic E-state index is 0.0100. The summed E-state index contributed by atoms with van der Waals surface area (Å²) in [5.41, 5.74) is 1.92. The first-order valence-corrected chi connectivity index (χ1v) is 7.99. The zero-order valence-electron chi connectivity index (χ0n) is 12.8. The molecule has 1 aliphatic rings. The fourth-order valence-electron chi connectivity index (χ4n) is 2.95. The number of aliphatic hydroxyl groups is 1. The fraction of sp³-hybridized carbons (Fsp3) is 0.588. The Kier molecular flexibility index (Phi) is 6.21. The van der Waals surface area contributed by atoms with Crippen LogP contribution in [-0.4, -0.2) is 41.7 Å². The molecule has 0 aliphatic carbocycles. The van der Waals surface area contributed by atoms with Crippen LogP contribution in [0.3, 0.4) is 0 Å². The zero-order chi connectivity index (χ0) is 15.1. The molecule has 1 unspecified atom stereocenters. The fourth-order valence-corrected chi connectivity index (χ4v) is 2.95. The summed E-state index contributed by atoms with van der Waals surface area (Å²) in [6, 6.07) is 7.74. The van der Waals surface area contributed by atoms with Crippen molar-refractivity contribution in [3.05, 3.63) is 29.8 Å². The van der Waals surface area contributed by atoms with Gasteiger partial charge in [0.05, 0.1) is 6.04 Å². The standard InChI is InChI=1S/C17H26N2O2/c1-2-11-19-12-4-3-5-16(19)17(21)18-15-8-6-14(7-9-15)10-13-20/h6-9,16,20H,2-5,10-13H2,1H3,(H,18,21). The van der Waals surface area contributed by atoms with Crippen LogP contribution < -0.4 is 5.32 Å². The molecule has 1 aromatic rings. The molecule has 1 saturated heterocycles. The summed E-state index contributed by atoms with van der Waals surface area (Å²) in [6.45, 7) is 4.33. The van der Waals surface area contributed by atoms with Gasteiger partial charge in [0.15, 0.2) is 0 Å². The van der Waals surface area contributed by atoms with E-state index in [1.807, 2.05) is 24.3 Å². The second-order valence-corrected chi connectivity index (χ2v) is 5.71. The average Bonchev–Trinajstić information content (AvgIpc) is 2.50. The van der Waals surface area contributed by atoms with Gasteiger partial charge in [0.25, 0.3) is 0 Å². The van der Waals surface area contributed by atoms with Gasteiger partial charge in [-0.2, -0.15) is 0 Å². The number of benzene rings is 1. The Morgan fingerprint density at radius 2 is 2.10 bits per heavy atom. The molecular formula is C17H26N2O2. The Morgan fingerprint density at radius 1 is 1.33 bits per heavy atom. The first kappa shape index (κ1) is 16.0. The van der Waals surface area contributed by atoms with E-state index >= 15 is 0 Å². The van der Waals surface area contributed by atoms with Crippen molar-refractivity contribution in [1.29, 1.82) is 0 Å². The lowest BCUT2D eigenvalue weighted by Gasteiger charge is -2.34. The summed E-state index contributed by atoms with van der Waals surface area (Å²) in [5, 5.41) is 11.9. The largest absolute Gasteiger partial charge is 0.396 e. The molecule has 1 fully saturated rings. The van der Waals surface area contributed by atoms with Crippen LogP contribution >= 0.6 is 0 Å². The predicted molar refractivity (Wildman–Crippen MR) is 85.4 cm³/mol. The number of nitrogens with one attached hydrogen (secondary N) is 1. The molecule has 116 valence electrons. The van der Waals surface area contributed by atoms with Crippen molar-refractivity contribution in [1.82, 2.24) is 4.90 Å². The summed E-state index contributed by atoms with van der Waals surface area (Å²) < 4.78 is 0. The number of aliphatic hydroxyl groups excluding tert-OH is 1. The maximum absolute atomic E-state index is 12.5. The van der Waals surface area contributed by atoms with Gasteiger partial charge in [-0.3, -0.25) is 9.69 Å². The van der Waals surface area contributed by atoms with Crippen molar-refractivity contribution in [3.63, 3.8) is 0 Å². The number of carbonyl (C=O) groups is 1. The SMILES string of the molecule is CCCN1CCCCC1C(=O)Nc1ccc(CCO)cc1. The number of nitrogens with zero attached hydrogens (tertiary/aromatic N) is 1. The van der Waals surface area contributed by atoms with E-state index in [4.69, 9.17) is 5.11 Å². The van der Waals surface area contributed by atoms with Crippen LogP contribution in [-0.2, 0) is 11.2 Å². The van der Waals surface area contributed by atoms with Gasteiger partial charge in [0, 0.05) is 12.3 Å². The third-order valence-electron chi connectivity index (χ3n) is 4.05. The molecule has 21 heavy (non-hydrogen) atoms. The van der Waals surface area contributed by atoms with Crippen LogP contribution in [0.5, 0.6) is 0 Å². The van der Waals surface area contributed by atoms with E-state index in [1.165, 1.54) is 6.42 Å². The van der Waals surface area contributed by atoms with E-state index < -0.39 is 0 Å². The molecule has 4 nitrogen and oxygen atoms in total. The molecule has 2 rings (SSSR count). The molecule has 0 bridgehead atoms. The summed E-state index contributed by atoms with van der Waals surface area (Å²) in [4.78, 5) is 14.8. The lowest BCUT2D eigenvalue weighted by atomic mass is 10.0. The molecule has 1 amide bonds. The Labute approximate surface area is 127 Å². The number of hydrogen-bond donors (Lipinski definition) is 2. The molecule has 2 N–H and O–H groups in total. The van der Waals surface area contributed by atoms with Gasteiger partial charge in [-0.05, 0) is 56.5 Å². The van der Waals surface area contributed by atoms with Gasteiger partial charge < -0.3 is 10.4 Å². The summed E-state index contributed by atoms with van der Waals surface area (Å²) in [5.74, 6) is 0.109. The number of amides is 1. The minimum absolute atomic E-state index is 0.0100. The normalized spacial score (nSPS) is 19.4. The van der Waals surface area contributed by atoms with E-state index in [0.717, 1.165) is 43.6 Å². The average molecular weight is 290 g/mol. The first-order valence-electron chi connectivity index (χ1n) is 7.99. The monoisotopic (exact) mass is 290 g/mol. The van der Waals surface area contributed by atoms with Crippen LogP contribution in [0.15, 0.2) is 24.3 Å². The van der Waals surface area contributed by atoms with Crippen molar-refractivity contribution in [2.45, 2.75) is 45.1 Å². The molecule has 1 aromatic carbocycles. The number of carbonyl (C=O) groups excluding carboxylic acids is 1. The van der Waals surface area contributed by atoms with Crippen molar-refractivity contribution in [3.8, 4) is 0 Å². The lowest BCUT2D eigenvalue weighted by Crippen LogP contribution is -2.47. The molecule has 0 aromatic heterocycles. The summed E-state index contributed by atoms with van der Waals surface area (Å²) >= 11 is 0. The number of anilines is 1. The van der Waals surface area contributed by atoms with Crippen molar-refractivity contribution in [2.24, 2.45) is 0 Å². The first-order chi connectivity index (χ1) is 10.2. The predicted octanol–water partition coefficient (Wildman–Crippen LogP) is 2.42. The molecule has 4 heteroatoms. The van der Waals surface area contributed by atoms with Gasteiger partial charge in [-0.15, -0.1) is 0 Å². The second-order valence-electron chi connectivity index (χ2n) is 5.71. The molecule has 0 saturated carbocycles.